The van der Waals surface area contributed by atoms with E-state index in [1.165, 1.54) is 32.5 Å². The molecule has 0 bridgehead atoms. The molecule has 1 aliphatic rings. The molecule has 1 rings (SSSR count). The van der Waals surface area contributed by atoms with Gasteiger partial charge in [-0.05, 0) is 32.5 Å². The highest BCUT2D eigenvalue weighted by Gasteiger charge is 2.23. The van der Waals surface area contributed by atoms with Crippen LogP contribution in [0.1, 0.15) is 26.7 Å². The highest BCUT2D eigenvalue weighted by Crippen LogP contribution is 2.17. The lowest BCUT2D eigenvalue weighted by molar-refractivity contribution is 0.211. The van der Waals surface area contributed by atoms with E-state index in [1.807, 2.05) is 0 Å². The van der Waals surface area contributed by atoms with Crippen molar-refractivity contribution >= 4 is 11.6 Å². The molecule has 0 amide bonds. The summed E-state index contributed by atoms with van der Waals surface area (Å²) in [4.78, 5) is 5.02. The molecule has 0 saturated carbocycles. The fourth-order valence-corrected chi connectivity index (χ4v) is 2.52. The summed E-state index contributed by atoms with van der Waals surface area (Å²) in [5.41, 5.74) is 0. The number of halogens is 1. The van der Waals surface area contributed by atoms with Crippen molar-refractivity contribution in [1.29, 1.82) is 0 Å². The predicted molar refractivity (Wildman–Crippen MR) is 63.1 cm³/mol. The monoisotopic (exact) mass is 218 g/mol. The number of likely N-dealkylation sites (N-methyl/N-ethyl adjacent to an activating group) is 1. The molecule has 0 aromatic rings. The third-order valence-corrected chi connectivity index (χ3v) is 3.63. The zero-order chi connectivity index (χ0) is 10.4. The van der Waals surface area contributed by atoms with Crippen molar-refractivity contribution < 1.29 is 0 Å². The van der Waals surface area contributed by atoms with Crippen LogP contribution in [0.3, 0.4) is 0 Å². The molecule has 0 aromatic carbocycles. The van der Waals surface area contributed by atoms with E-state index in [9.17, 15) is 0 Å². The second-order valence-electron chi connectivity index (χ2n) is 4.01. The standard InChI is InChI=1S/C11H23ClN2/c1-3-13(4-2)8-9-14-7-5-6-11(14)10-12/h11H,3-10H2,1-2H3. The number of hydrogen-bond donors (Lipinski definition) is 0. The number of rotatable bonds is 6. The molecule has 0 radical (unpaired) electrons. The molecule has 1 aliphatic heterocycles. The molecule has 14 heavy (non-hydrogen) atoms. The summed E-state index contributed by atoms with van der Waals surface area (Å²) >= 11 is 5.93. The van der Waals surface area contributed by atoms with E-state index in [0.29, 0.717) is 6.04 Å². The third kappa shape index (κ3) is 3.41. The Bertz CT molecular complexity index is 148. The number of likely N-dealkylation sites (tertiary alicyclic amines) is 1. The largest absolute Gasteiger partial charge is 0.303 e. The van der Waals surface area contributed by atoms with Gasteiger partial charge in [-0.2, -0.15) is 0 Å². The molecule has 1 saturated heterocycles. The van der Waals surface area contributed by atoms with Gasteiger partial charge in [-0.1, -0.05) is 13.8 Å². The molecule has 1 fully saturated rings. The van der Waals surface area contributed by atoms with Crippen molar-refractivity contribution in [3.05, 3.63) is 0 Å². The topological polar surface area (TPSA) is 6.48 Å². The summed E-state index contributed by atoms with van der Waals surface area (Å²) < 4.78 is 0. The van der Waals surface area contributed by atoms with Crippen LogP contribution in [0.2, 0.25) is 0 Å². The van der Waals surface area contributed by atoms with Crippen molar-refractivity contribution in [2.75, 3.05) is 38.6 Å². The summed E-state index contributed by atoms with van der Waals surface area (Å²) in [6.45, 7) is 10.4. The molecule has 2 nitrogen and oxygen atoms in total. The summed E-state index contributed by atoms with van der Waals surface area (Å²) in [5, 5.41) is 0. The molecule has 1 heterocycles. The molecule has 0 aliphatic carbocycles. The molecule has 1 unspecified atom stereocenters. The van der Waals surface area contributed by atoms with Crippen molar-refractivity contribution in [3.8, 4) is 0 Å². The average molecular weight is 219 g/mol. The van der Waals surface area contributed by atoms with Crippen LogP contribution in [0.4, 0.5) is 0 Å². The number of hydrogen-bond acceptors (Lipinski definition) is 2. The Labute approximate surface area is 93.2 Å². The zero-order valence-corrected chi connectivity index (χ0v) is 10.3. The van der Waals surface area contributed by atoms with Crippen LogP contribution in [-0.4, -0.2) is 54.4 Å². The quantitative estimate of drug-likeness (QED) is 0.630. The van der Waals surface area contributed by atoms with Gasteiger partial charge in [0.25, 0.3) is 0 Å². The zero-order valence-electron chi connectivity index (χ0n) is 9.51. The molecular formula is C11H23ClN2. The summed E-state index contributed by atoms with van der Waals surface area (Å²) in [5.74, 6) is 0.804. The van der Waals surface area contributed by atoms with E-state index < -0.39 is 0 Å². The predicted octanol–water partition coefficient (Wildman–Crippen LogP) is 2.03. The fourth-order valence-electron chi connectivity index (χ4n) is 2.17. The first-order valence-electron chi connectivity index (χ1n) is 5.84. The third-order valence-electron chi connectivity index (χ3n) is 3.28. The SMILES string of the molecule is CCN(CC)CCN1CCCC1CCl. The van der Waals surface area contributed by atoms with Gasteiger partial charge in [-0.15, -0.1) is 11.6 Å². The normalized spacial score (nSPS) is 23.6. The van der Waals surface area contributed by atoms with Gasteiger partial charge >= 0.3 is 0 Å². The van der Waals surface area contributed by atoms with Crippen molar-refractivity contribution in [2.24, 2.45) is 0 Å². The van der Waals surface area contributed by atoms with Gasteiger partial charge in [-0.25, -0.2) is 0 Å². The van der Waals surface area contributed by atoms with E-state index in [4.69, 9.17) is 11.6 Å². The Hall–Kier alpha value is 0.210. The lowest BCUT2D eigenvalue weighted by Gasteiger charge is -2.26. The second-order valence-corrected chi connectivity index (χ2v) is 4.32. The average Bonchev–Trinajstić information content (AvgIpc) is 2.67. The molecule has 1 atom stereocenters. The van der Waals surface area contributed by atoms with Crippen molar-refractivity contribution in [2.45, 2.75) is 32.7 Å². The lowest BCUT2D eigenvalue weighted by atomic mass is 10.2. The van der Waals surface area contributed by atoms with Gasteiger partial charge in [0.15, 0.2) is 0 Å². The lowest BCUT2D eigenvalue weighted by Crippen LogP contribution is -2.38. The Morgan fingerprint density at radius 1 is 1.36 bits per heavy atom. The minimum absolute atomic E-state index is 0.646. The van der Waals surface area contributed by atoms with Gasteiger partial charge in [-0.3, -0.25) is 4.90 Å². The van der Waals surface area contributed by atoms with E-state index >= 15 is 0 Å². The Morgan fingerprint density at radius 2 is 2.07 bits per heavy atom. The summed E-state index contributed by atoms with van der Waals surface area (Å²) in [7, 11) is 0. The van der Waals surface area contributed by atoms with Crippen LogP contribution in [0.5, 0.6) is 0 Å². The first-order chi connectivity index (χ1) is 6.81. The minimum atomic E-state index is 0.646. The minimum Gasteiger partial charge on any atom is -0.303 e. The maximum Gasteiger partial charge on any atom is 0.0379 e. The second kappa shape index (κ2) is 6.65. The van der Waals surface area contributed by atoms with Crippen molar-refractivity contribution in [1.82, 2.24) is 9.80 Å². The molecular weight excluding hydrogens is 196 g/mol. The molecule has 0 aromatic heterocycles. The van der Waals surface area contributed by atoms with Gasteiger partial charge in [0.05, 0.1) is 0 Å². The summed E-state index contributed by atoms with van der Waals surface area (Å²) in [6.07, 6.45) is 2.62. The van der Waals surface area contributed by atoms with Gasteiger partial charge < -0.3 is 4.90 Å². The maximum absolute atomic E-state index is 5.93. The number of nitrogens with zero attached hydrogens (tertiary/aromatic N) is 2. The van der Waals surface area contributed by atoms with E-state index in [-0.39, 0.29) is 0 Å². The van der Waals surface area contributed by atoms with E-state index in [0.717, 1.165) is 19.0 Å². The molecule has 84 valence electrons. The van der Waals surface area contributed by atoms with Crippen LogP contribution < -0.4 is 0 Å². The van der Waals surface area contributed by atoms with Crippen LogP contribution in [0.25, 0.3) is 0 Å². The first-order valence-corrected chi connectivity index (χ1v) is 6.37. The summed E-state index contributed by atoms with van der Waals surface area (Å²) in [6, 6.07) is 0.646. The molecule has 0 spiro atoms. The highest BCUT2D eigenvalue weighted by atomic mass is 35.5. The molecule has 0 N–H and O–H groups in total. The van der Waals surface area contributed by atoms with Gasteiger partial charge in [0.1, 0.15) is 0 Å². The van der Waals surface area contributed by atoms with E-state index in [1.54, 1.807) is 0 Å². The fraction of sp³-hybridized carbons (Fsp3) is 1.00. The smallest absolute Gasteiger partial charge is 0.0379 e. The first kappa shape index (κ1) is 12.3. The number of alkyl halides is 1. The van der Waals surface area contributed by atoms with Crippen LogP contribution in [0, 0.1) is 0 Å². The van der Waals surface area contributed by atoms with Crippen LogP contribution in [-0.2, 0) is 0 Å². The van der Waals surface area contributed by atoms with Crippen LogP contribution >= 0.6 is 11.6 Å². The van der Waals surface area contributed by atoms with E-state index in [2.05, 4.69) is 23.6 Å². The maximum atomic E-state index is 5.93. The highest BCUT2D eigenvalue weighted by molar-refractivity contribution is 6.18. The Balaban J connectivity index is 2.22. The van der Waals surface area contributed by atoms with Crippen LogP contribution in [0.15, 0.2) is 0 Å². The van der Waals surface area contributed by atoms with Gasteiger partial charge in [0, 0.05) is 25.0 Å². The molecule has 3 heteroatoms. The van der Waals surface area contributed by atoms with Gasteiger partial charge in [0.2, 0.25) is 0 Å². The Morgan fingerprint density at radius 3 is 2.64 bits per heavy atom. The Kier molecular flexibility index (Phi) is 5.83. The van der Waals surface area contributed by atoms with Crippen molar-refractivity contribution in [3.63, 3.8) is 0 Å².